The van der Waals surface area contributed by atoms with E-state index in [1.54, 1.807) is 37.3 Å². The Kier molecular flexibility index (Phi) is 8.87. The van der Waals surface area contributed by atoms with E-state index in [0.717, 1.165) is 5.56 Å². The fourth-order valence-electron chi connectivity index (χ4n) is 4.22. The number of likely N-dealkylation sites (tertiary alicyclic amines) is 1. The van der Waals surface area contributed by atoms with Crippen LogP contribution in [0.5, 0.6) is 17.2 Å². The molecule has 1 amide bonds. The zero-order valence-corrected chi connectivity index (χ0v) is 22.1. The van der Waals surface area contributed by atoms with Crippen LogP contribution in [0.3, 0.4) is 0 Å². The van der Waals surface area contributed by atoms with Crippen molar-refractivity contribution in [2.24, 2.45) is 0 Å². The third kappa shape index (κ3) is 5.44. The zero-order chi connectivity index (χ0) is 26.6. The topological polar surface area (TPSA) is 94.5 Å². The van der Waals surface area contributed by atoms with Crippen LogP contribution in [0.2, 0.25) is 5.02 Å². The number of amides is 1. The number of carbonyl (C=O) groups excluding carboxylic acids is 2. The average molecular weight is 518 g/mol. The molecule has 9 heteroatoms. The van der Waals surface area contributed by atoms with Crippen LogP contribution in [-0.4, -0.2) is 61.8 Å². The van der Waals surface area contributed by atoms with Crippen molar-refractivity contribution in [1.29, 1.82) is 0 Å². The molecular formula is C27H32ClNO7. The van der Waals surface area contributed by atoms with Gasteiger partial charge in [-0.3, -0.25) is 9.59 Å². The summed E-state index contributed by atoms with van der Waals surface area (Å²) in [5.74, 6) is -0.710. The molecule has 2 aromatic carbocycles. The van der Waals surface area contributed by atoms with Crippen molar-refractivity contribution in [2.45, 2.75) is 39.8 Å². The van der Waals surface area contributed by atoms with E-state index < -0.39 is 17.7 Å². The van der Waals surface area contributed by atoms with Gasteiger partial charge in [-0.15, -0.1) is 0 Å². The summed E-state index contributed by atoms with van der Waals surface area (Å²) in [7, 11) is 2.93. The number of aliphatic hydroxyl groups excluding tert-OH is 1. The quantitative estimate of drug-likeness (QED) is 0.272. The molecule has 0 spiro atoms. The van der Waals surface area contributed by atoms with Gasteiger partial charge in [0.1, 0.15) is 11.5 Å². The van der Waals surface area contributed by atoms with Gasteiger partial charge in [0, 0.05) is 13.7 Å². The summed E-state index contributed by atoms with van der Waals surface area (Å²) in [6, 6.07) is 7.67. The first kappa shape index (κ1) is 27.4. The Balaban J connectivity index is 2.26. The van der Waals surface area contributed by atoms with Crippen LogP contribution < -0.4 is 14.2 Å². The molecule has 0 bridgehead atoms. The fourth-order valence-corrected chi connectivity index (χ4v) is 4.57. The SMILES string of the molecule is CCOc1cc(C2/C(=C(\O)c3cc(C)cc(Cl)c3OC)C(=O)C(=O)N2CCOC)ccc1OC(C)C. The molecule has 1 aliphatic rings. The highest BCUT2D eigenvalue weighted by molar-refractivity contribution is 6.46. The predicted molar refractivity (Wildman–Crippen MR) is 137 cm³/mol. The summed E-state index contributed by atoms with van der Waals surface area (Å²) in [6.45, 7) is 8.20. The van der Waals surface area contributed by atoms with E-state index >= 15 is 0 Å². The highest BCUT2D eigenvalue weighted by atomic mass is 35.5. The van der Waals surface area contributed by atoms with Gasteiger partial charge in [-0.25, -0.2) is 0 Å². The third-order valence-corrected chi connectivity index (χ3v) is 5.95. The van der Waals surface area contributed by atoms with Crippen LogP contribution in [0.4, 0.5) is 0 Å². The molecule has 0 aromatic heterocycles. The Morgan fingerprint density at radius 1 is 1.14 bits per heavy atom. The van der Waals surface area contributed by atoms with E-state index in [1.165, 1.54) is 19.1 Å². The normalized spacial score (nSPS) is 17.1. The molecule has 0 radical (unpaired) electrons. The maximum Gasteiger partial charge on any atom is 0.295 e. The molecule has 3 rings (SSSR count). The van der Waals surface area contributed by atoms with Gasteiger partial charge in [-0.2, -0.15) is 0 Å². The van der Waals surface area contributed by atoms with Crippen molar-refractivity contribution in [2.75, 3.05) is 34.0 Å². The van der Waals surface area contributed by atoms with Crippen LogP contribution in [0.15, 0.2) is 35.9 Å². The summed E-state index contributed by atoms with van der Waals surface area (Å²) < 4.78 is 22.3. The number of aryl methyl sites for hydroxylation is 1. The van der Waals surface area contributed by atoms with Crippen molar-refractivity contribution in [1.82, 2.24) is 4.90 Å². The van der Waals surface area contributed by atoms with Gasteiger partial charge >= 0.3 is 0 Å². The van der Waals surface area contributed by atoms with Gasteiger partial charge in [-0.05, 0) is 63.1 Å². The number of nitrogens with zero attached hydrogens (tertiary/aromatic N) is 1. The number of halogens is 1. The molecule has 1 saturated heterocycles. The minimum atomic E-state index is -0.892. The number of ketones is 1. The van der Waals surface area contributed by atoms with Gasteiger partial charge in [-0.1, -0.05) is 17.7 Å². The monoisotopic (exact) mass is 517 g/mol. The van der Waals surface area contributed by atoms with Gasteiger partial charge in [0.15, 0.2) is 11.5 Å². The number of methoxy groups -OCH3 is 2. The Bertz CT molecular complexity index is 1170. The lowest BCUT2D eigenvalue weighted by molar-refractivity contribution is -0.140. The third-order valence-electron chi connectivity index (χ3n) is 5.67. The second-order valence-electron chi connectivity index (χ2n) is 8.62. The Hall–Kier alpha value is -3.23. The molecule has 0 saturated carbocycles. The fraction of sp³-hybridized carbons (Fsp3) is 0.407. The number of Topliss-reactive ketones (excluding diaryl/α,β-unsaturated/α-hetero) is 1. The molecular weight excluding hydrogens is 486 g/mol. The highest BCUT2D eigenvalue weighted by Gasteiger charge is 2.46. The second kappa shape index (κ2) is 11.7. The number of carbonyl (C=O) groups is 2. The largest absolute Gasteiger partial charge is 0.507 e. The first-order chi connectivity index (χ1) is 17.1. The molecule has 1 fully saturated rings. The summed E-state index contributed by atoms with van der Waals surface area (Å²) in [5.41, 5.74) is 1.48. The van der Waals surface area contributed by atoms with E-state index in [4.69, 9.17) is 30.5 Å². The minimum absolute atomic E-state index is 0.0731. The van der Waals surface area contributed by atoms with E-state index in [-0.39, 0.29) is 46.9 Å². The minimum Gasteiger partial charge on any atom is -0.507 e. The van der Waals surface area contributed by atoms with Gasteiger partial charge in [0.25, 0.3) is 11.7 Å². The first-order valence-corrected chi connectivity index (χ1v) is 12.1. The number of rotatable bonds is 10. The highest BCUT2D eigenvalue weighted by Crippen LogP contribution is 2.44. The number of hydrogen-bond donors (Lipinski definition) is 1. The summed E-state index contributed by atoms with van der Waals surface area (Å²) in [4.78, 5) is 27.8. The number of aliphatic hydroxyl groups is 1. The van der Waals surface area contributed by atoms with Crippen LogP contribution in [0.1, 0.15) is 43.5 Å². The molecule has 8 nitrogen and oxygen atoms in total. The Labute approximate surface area is 216 Å². The van der Waals surface area contributed by atoms with Crippen LogP contribution >= 0.6 is 11.6 Å². The summed E-state index contributed by atoms with van der Waals surface area (Å²) >= 11 is 6.35. The molecule has 36 heavy (non-hydrogen) atoms. The van der Waals surface area contributed by atoms with Crippen molar-refractivity contribution >= 4 is 29.1 Å². The molecule has 1 atom stereocenters. The van der Waals surface area contributed by atoms with Crippen molar-refractivity contribution in [3.05, 3.63) is 57.6 Å². The molecule has 2 aromatic rings. The number of hydrogen-bond acceptors (Lipinski definition) is 7. The second-order valence-corrected chi connectivity index (χ2v) is 9.03. The van der Waals surface area contributed by atoms with Crippen molar-refractivity contribution < 1.29 is 33.6 Å². The Morgan fingerprint density at radius 2 is 1.86 bits per heavy atom. The molecule has 1 heterocycles. The maximum atomic E-state index is 13.3. The summed E-state index contributed by atoms with van der Waals surface area (Å²) in [6.07, 6.45) is -0.0825. The van der Waals surface area contributed by atoms with E-state index in [0.29, 0.717) is 23.7 Å². The van der Waals surface area contributed by atoms with Gasteiger partial charge in [0.2, 0.25) is 0 Å². The molecule has 1 unspecified atom stereocenters. The van der Waals surface area contributed by atoms with E-state index in [9.17, 15) is 14.7 Å². The van der Waals surface area contributed by atoms with Crippen LogP contribution in [0.25, 0.3) is 5.76 Å². The van der Waals surface area contributed by atoms with Crippen LogP contribution in [0, 0.1) is 6.92 Å². The number of ether oxygens (including phenoxy) is 4. The lowest BCUT2D eigenvalue weighted by Gasteiger charge is -2.26. The Morgan fingerprint density at radius 3 is 2.47 bits per heavy atom. The first-order valence-electron chi connectivity index (χ1n) is 11.7. The van der Waals surface area contributed by atoms with E-state index in [2.05, 4.69) is 0 Å². The van der Waals surface area contributed by atoms with Crippen molar-refractivity contribution in [3.8, 4) is 17.2 Å². The molecule has 0 aliphatic carbocycles. The van der Waals surface area contributed by atoms with E-state index in [1.807, 2.05) is 20.8 Å². The van der Waals surface area contributed by atoms with Crippen molar-refractivity contribution in [3.63, 3.8) is 0 Å². The van der Waals surface area contributed by atoms with Gasteiger partial charge in [0.05, 0.1) is 48.6 Å². The van der Waals surface area contributed by atoms with Crippen LogP contribution in [-0.2, 0) is 14.3 Å². The lowest BCUT2D eigenvalue weighted by atomic mass is 9.94. The lowest BCUT2D eigenvalue weighted by Crippen LogP contribution is -2.32. The standard InChI is InChI=1S/C27H32ClNO7/c1-7-35-21-14-17(8-9-20(21)36-15(2)3)23-22(25(31)27(32)29(23)10-11-33-5)24(30)18-12-16(4)13-19(28)26(18)34-6/h8-9,12-15,23,30H,7,10-11H2,1-6H3/b24-22+. The molecule has 1 aliphatic heterocycles. The van der Waals surface area contributed by atoms with Gasteiger partial charge < -0.3 is 29.0 Å². The number of benzene rings is 2. The molecule has 194 valence electrons. The average Bonchev–Trinajstić information content (AvgIpc) is 3.07. The maximum absolute atomic E-state index is 13.3. The molecule has 1 N–H and O–H groups in total. The zero-order valence-electron chi connectivity index (χ0n) is 21.4. The smallest absolute Gasteiger partial charge is 0.295 e. The summed E-state index contributed by atoms with van der Waals surface area (Å²) in [5, 5.41) is 11.7. The predicted octanol–water partition coefficient (Wildman–Crippen LogP) is 4.91.